The largest absolute Gasteiger partial charge is 0.376 e. The van der Waals surface area contributed by atoms with Crippen molar-refractivity contribution < 1.29 is 9.53 Å². The minimum absolute atomic E-state index is 0.0569. The number of carbonyl (C=O) groups excluding carboxylic acids is 1. The number of carbonyl (C=O) groups is 1. The highest BCUT2D eigenvalue weighted by Crippen LogP contribution is 2.21. The van der Waals surface area contributed by atoms with Crippen LogP contribution < -0.4 is 5.32 Å². The second kappa shape index (κ2) is 6.39. The molecule has 0 radical (unpaired) electrons. The Labute approximate surface area is 119 Å². The first kappa shape index (κ1) is 13.6. The normalized spacial score (nSPS) is 22.9. The lowest BCUT2D eigenvalue weighted by atomic mass is 9.97. The molecule has 0 saturated carbocycles. The van der Waals surface area contributed by atoms with Crippen molar-refractivity contribution >= 4 is 5.91 Å². The number of nitrogens with zero attached hydrogens (tertiary/aromatic N) is 1. The lowest BCUT2D eigenvalue weighted by molar-refractivity contribution is 0.0853. The number of hydrogen-bond acceptors (Lipinski definition) is 3. The standard InChI is InChI=1S/C15H23N3O2/c19-15(16-10-11-6-5-9-20-11)14-12-7-3-1-2-4-8-13(12)17-18-14/h11H,1-10H2,(H,16,19)(H,17,18)/t11-/m1/s1. The number of aryl methyl sites for hydroxylation is 1. The molecule has 1 aromatic rings. The van der Waals surface area contributed by atoms with Crippen molar-refractivity contribution in [1.29, 1.82) is 0 Å². The van der Waals surface area contributed by atoms with Crippen LogP contribution in [0.15, 0.2) is 0 Å². The minimum atomic E-state index is -0.0569. The maximum Gasteiger partial charge on any atom is 0.272 e. The lowest BCUT2D eigenvalue weighted by Crippen LogP contribution is -2.32. The molecule has 1 aliphatic heterocycles. The summed E-state index contributed by atoms with van der Waals surface area (Å²) in [5, 5.41) is 10.3. The summed E-state index contributed by atoms with van der Waals surface area (Å²) >= 11 is 0. The van der Waals surface area contributed by atoms with Gasteiger partial charge in [-0.1, -0.05) is 12.8 Å². The van der Waals surface area contributed by atoms with Crippen molar-refractivity contribution in [1.82, 2.24) is 15.5 Å². The van der Waals surface area contributed by atoms with Crippen LogP contribution in [0.5, 0.6) is 0 Å². The van der Waals surface area contributed by atoms with E-state index >= 15 is 0 Å². The fraction of sp³-hybridized carbons (Fsp3) is 0.733. The lowest BCUT2D eigenvalue weighted by Gasteiger charge is -2.12. The van der Waals surface area contributed by atoms with Crippen molar-refractivity contribution in [2.75, 3.05) is 13.2 Å². The molecular weight excluding hydrogens is 254 g/mol. The van der Waals surface area contributed by atoms with Gasteiger partial charge in [-0.3, -0.25) is 9.89 Å². The fourth-order valence-corrected chi connectivity index (χ4v) is 3.12. The van der Waals surface area contributed by atoms with Gasteiger partial charge in [0, 0.05) is 24.4 Å². The zero-order valence-electron chi connectivity index (χ0n) is 11.9. The Morgan fingerprint density at radius 2 is 2.10 bits per heavy atom. The molecule has 5 nitrogen and oxygen atoms in total. The van der Waals surface area contributed by atoms with Crippen LogP contribution in [0, 0.1) is 0 Å². The first-order valence-electron chi connectivity index (χ1n) is 7.80. The zero-order valence-corrected chi connectivity index (χ0v) is 11.9. The summed E-state index contributed by atoms with van der Waals surface area (Å²) in [4.78, 5) is 12.3. The van der Waals surface area contributed by atoms with Crippen molar-refractivity contribution in [2.24, 2.45) is 0 Å². The van der Waals surface area contributed by atoms with E-state index in [1.165, 1.54) is 19.3 Å². The summed E-state index contributed by atoms with van der Waals surface area (Å²) in [6.45, 7) is 1.42. The Balaban J connectivity index is 1.64. The van der Waals surface area contributed by atoms with E-state index < -0.39 is 0 Å². The van der Waals surface area contributed by atoms with Crippen molar-refractivity contribution in [2.45, 2.75) is 57.5 Å². The van der Waals surface area contributed by atoms with Crippen LogP contribution >= 0.6 is 0 Å². The van der Waals surface area contributed by atoms with Crippen molar-refractivity contribution in [3.63, 3.8) is 0 Å². The van der Waals surface area contributed by atoms with E-state index in [0.717, 1.165) is 50.0 Å². The molecule has 1 aromatic heterocycles. The molecule has 0 spiro atoms. The number of hydrogen-bond donors (Lipinski definition) is 2. The van der Waals surface area contributed by atoms with Crippen LogP contribution in [0.4, 0.5) is 0 Å². The minimum Gasteiger partial charge on any atom is -0.376 e. The first-order chi connectivity index (χ1) is 9.84. The molecule has 0 bridgehead atoms. The summed E-state index contributed by atoms with van der Waals surface area (Å²) in [7, 11) is 0. The number of nitrogens with one attached hydrogen (secondary N) is 2. The van der Waals surface area contributed by atoms with Crippen LogP contribution in [-0.2, 0) is 17.6 Å². The molecule has 20 heavy (non-hydrogen) atoms. The van der Waals surface area contributed by atoms with Gasteiger partial charge in [0.1, 0.15) is 0 Å². The maximum absolute atomic E-state index is 12.3. The Kier molecular flexibility index (Phi) is 4.35. The molecule has 1 aliphatic carbocycles. The van der Waals surface area contributed by atoms with E-state index in [4.69, 9.17) is 4.74 Å². The third-order valence-corrected chi connectivity index (χ3v) is 4.29. The molecule has 0 aromatic carbocycles. The molecule has 0 unspecified atom stereocenters. The molecule has 1 saturated heterocycles. The van der Waals surface area contributed by atoms with Crippen LogP contribution in [0.2, 0.25) is 0 Å². The van der Waals surface area contributed by atoms with Gasteiger partial charge in [0.25, 0.3) is 5.91 Å². The second-order valence-corrected chi connectivity index (χ2v) is 5.79. The topological polar surface area (TPSA) is 67.0 Å². The SMILES string of the molecule is O=C(NC[C@H]1CCCO1)c1n[nH]c2c1CCCCCC2. The van der Waals surface area contributed by atoms with E-state index in [9.17, 15) is 4.79 Å². The summed E-state index contributed by atoms with van der Waals surface area (Å²) in [6, 6.07) is 0. The van der Waals surface area contributed by atoms with Gasteiger partial charge in [-0.05, 0) is 38.5 Å². The van der Waals surface area contributed by atoms with E-state index in [2.05, 4.69) is 15.5 Å². The summed E-state index contributed by atoms with van der Waals surface area (Å²) in [5.41, 5.74) is 2.89. The first-order valence-corrected chi connectivity index (χ1v) is 7.80. The van der Waals surface area contributed by atoms with E-state index in [-0.39, 0.29) is 12.0 Å². The van der Waals surface area contributed by atoms with Gasteiger partial charge in [-0.25, -0.2) is 0 Å². The van der Waals surface area contributed by atoms with Gasteiger partial charge in [0.2, 0.25) is 0 Å². The summed E-state index contributed by atoms with van der Waals surface area (Å²) in [6.07, 6.45) is 9.16. The van der Waals surface area contributed by atoms with Gasteiger partial charge in [0.15, 0.2) is 5.69 Å². The number of amides is 1. The fourth-order valence-electron chi connectivity index (χ4n) is 3.12. The number of H-pyrrole nitrogens is 1. The molecule has 1 atom stereocenters. The highest BCUT2D eigenvalue weighted by Gasteiger charge is 2.22. The summed E-state index contributed by atoms with van der Waals surface area (Å²) < 4.78 is 5.53. The van der Waals surface area contributed by atoms with Crippen molar-refractivity contribution in [3.8, 4) is 0 Å². The Bertz CT molecular complexity index is 464. The second-order valence-electron chi connectivity index (χ2n) is 5.79. The highest BCUT2D eigenvalue weighted by molar-refractivity contribution is 5.94. The Morgan fingerprint density at radius 1 is 1.25 bits per heavy atom. The van der Waals surface area contributed by atoms with Gasteiger partial charge < -0.3 is 10.1 Å². The third-order valence-electron chi connectivity index (χ3n) is 4.29. The Hall–Kier alpha value is -1.36. The van der Waals surface area contributed by atoms with Gasteiger partial charge in [-0.15, -0.1) is 0 Å². The van der Waals surface area contributed by atoms with Crippen LogP contribution in [0.3, 0.4) is 0 Å². The molecule has 110 valence electrons. The van der Waals surface area contributed by atoms with Crippen LogP contribution in [0.1, 0.15) is 60.3 Å². The van der Waals surface area contributed by atoms with E-state index in [1.807, 2.05) is 0 Å². The quantitative estimate of drug-likeness (QED) is 0.887. The number of aromatic nitrogens is 2. The number of rotatable bonds is 3. The smallest absolute Gasteiger partial charge is 0.272 e. The highest BCUT2D eigenvalue weighted by atomic mass is 16.5. The van der Waals surface area contributed by atoms with Gasteiger partial charge >= 0.3 is 0 Å². The molecule has 2 N–H and O–H groups in total. The summed E-state index contributed by atoms with van der Waals surface area (Å²) in [5.74, 6) is -0.0569. The molecule has 1 amide bonds. The molecule has 2 heterocycles. The molecule has 1 fully saturated rings. The molecular formula is C15H23N3O2. The monoisotopic (exact) mass is 277 g/mol. The Morgan fingerprint density at radius 3 is 2.90 bits per heavy atom. The van der Waals surface area contributed by atoms with E-state index in [1.54, 1.807) is 0 Å². The molecule has 5 heteroatoms. The average Bonchev–Trinajstić information content (AvgIpc) is 3.05. The number of aromatic amines is 1. The third kappa shape index (κ3) is 3.03. The van der Waals surface area contributed by atoms with Crippen LogP contribution in [0.25, 0.3) is 0 Å². The predicted molar refractivity (Wildman–Crippen MR) is 75.8 cm³/mol. The average molecular weight is 277 g/mol. The predicted octanol–water partition coefficient (Wildman–Crippen LogP) is 1.98. The van der Waals surface area contributed by atoms with E-state index in [0.29, 0.717) is 12.2 Å². The zero-order chi connectivity index (χ0) is 13.8. The molecule has 2 aliphatic rings. The number of ether oxygens (including phenoxy) is 1. The van der Waals surface area contributed by atoms with Crippen molar-refractivity contribution in [3.05, 3.63) is 17.0 Å². The van der Waals surface area contributed by atoms with Gasteiger partial charge in [0.05, 0.1) is 6.10 Å². The maximum atomic E-state index is 12.3. The van der Waals surface area contributed by atoms with Gasteiger partial charge in [-0.2, -0.15) is 5.10 Å². The van der Waals surface area contributed by atoms with Crippen LogP contribution in [-0.4, -0.2) is 35.4 Å². The molecule has 3 rings (SSSR count). The number of fused-ring (bicyclic) bond motifs is 1.